The zero-order valence-electron chi connectivity index (χ0n) is 5.31. The summed E-state index contributed by atoms with van der Waals surface area (Å²) < 4.78 is 5.15. The second-order valence-corrected chi connectivity index (χ2v) is 3.82. The first-order valence-corrected chi connectivity index (χ1v) is 5.04. The molecule has 3 heteroatoms. The summed E-state index contributed by atoms with van der Waals surface area (Å²) in [5.74, 6) is 0. The van der Waals surface area contributed by atoms with Gasteiger partial charge in [0, 0.05) is 13.0 Å². The maximum absolute atomic E-state index is 9.72. The van der Waals surface area contributed by atoms with Gasteiger partial charge in [-0.2, -0.15) is 0 Å². The Bertz CT molecular complexity index is 63.4. The van der Waals surface area contributed by atoms with Crippen LogP contribution in [0.1, 0.15) is 6.42 Å². The molecule has 2 nitrogen and oxygen atoms in total. The second-order valence-electron chi connectivity index (χ2n) is 1.71. The van der Waals surface area contributed by atoms with Crippen molar-refractivity contribution in [3.63, 3.8) is 0 Å². The Kier molecular flexibility index (Phi) is 4.90. The summed E-state index contributed by atoms with van der Waals surface area (Å²) in [5.41, 5.74) is 0. The standard InChI is InChI=1S/C5H11O2Si/c1-8(2)7-5-3-4-6/h4H,3,5H2,1-2H3. The van der Waals surface area contributed by atoms with Gasteiger partial charge < -0.3 is 9.22 Å². The first-order valence-electron chi connectivity index (χ1n) is 2.64. The van der Waals surface area contributed by atoms with Crippen molar-refractivity contribution < 1.29 is 9.22 Å². The Morgan fingerprint density at radius 2 is 2.25 bits per heavy atom. The maximum Gasteiger partial charge on any atom is 0.204 e. The number of hydrogen-bond donors (Lipinski definition) is 0. The minimum absolute atomic E-state index is 0.538. The van der Waals surface area contributed by atoms with Crippen LogP contribution in [0.2, 0.25) is 13.1 Å². The smallest absolute Gasteiger partial charge is 0.204 e. The lowest BCUT2D eigenvalue weighted by molar-refractivity contribution is -0.108. The van der Waals surface area contributed by atoms with Gasteiger partial charge in [-0.1, -0.05) is 0 Å². The van der Waals surface area contributed by atoms with Crippen molar-refractivity contribution in [2.24, 2.45) is 0 Å². The van der Waals surface area contributed by atoms with E-state index in [0.29, 0.717) is 13.0 Å². The van der Waals surface area contributed by atoms with E-state index in [9.17, 15) is 4.79 Å². The van der Waals surface area contributed by atoms with Gasteiger partial charge in [-0.05, 0) is 13.1 Å². The largest absolute Gasteiger partial charge is 0.417 e. The summed E-state index contributed by atoms with van der Waals surface area (Å²) >= 11 is 0. The molecule has 0 aliphatic carbocycles. The highest BCUT2D eigenvalue weighted by Gasteiger charge is 1.93. The Morgan fingerprint density at radius 3 is 2.62 bits per heavy atom. The molecule has 0 fully saturated rings. The fraction of sp³-hybridized carbons (Fsp3) is 0.800. The van der Waals surface area contributed by atoms with Crippen molar-refractivity contribution in [2.45, 2.75) is 19.5 Å². The molecule has 0 aliphatic rings. The minimum Gasteiger partial charge on any atom is -0.417 e. The van der Waals surface area contributed by atoms with Crippen LogP contribution in [-0.2, 0) is 9.22 Å². The monoisotopic (exact) mass is 131 g/mol. The van der Waals surface area contributed by atoms with Gasteiger partial charge in [0.15, 0.2) is 0 Å². The Labute approximate surface area is 51.6 Å². The van der Waals surface area contributed by atoms with E-state index in [1.54, 1.807) is 0 Å². The highest BCUT2D eigenvalue weighted by atomic mass is 28.3. The third-order valence-corrected chi connectivity index (χ3v) is 1.41. The van der Waals surface area contributed by atoms with Crippen LogP contribution in [0.15, 0.2) is 0 Å². The molecule has 8 heavy (non-hydrogen) atoms. The molecular formula is C5H11O2Si. The van der Waals surface area contributed by atoms with Gasteiger partial charge in [0.1, 0.15) is 6.29 Å². The lowest BCUT2D eigenvalue weighted by atomic mass is 10.5. The number of carbonyl (C=O) groups is 1. The van der Waals surface area contributed by atoms with Crippen molar-refractivity contribution in [3.05, 3.63) is 0 Å². The molecule has 0 heterocycles. The van der Waals surface area contributed by atoms with Gasteiger partial charge in [0.2, 0.25) is 9.04 Å². The molecule has 0 saturated carbocycles. The van der Waals surface area contributed by atoms with Crippen LogP contribution in [0.3, 0.4) is 0 Å². The van der Waals surface area contributed by atoms with E-state index in [0.717, 1.165) is 6.29 Å². The van der Waals surface area contributed by atoms with Gasteiger partial charge >= 0.3 is 0 Å². The normalized spacial score (nSPS) is 9.88. The molecule has 1 radical (unpaired) electrons. The average molecular weight is 131 g/mol. The molecule has 0 rings (SSSR count). The molecular weight excluding hydrogens is 120 g/mol. The molecule has 0 aromatic carbocycles. The third kappa shape index (κ3) is 5.85. The molecule has 0 N–H and O–H groups in total. The zero-order valence-corrected chi connectivity index (χ0v) is 6.31. The summed E-state index contributed by atoms with van der Waals surface area (Å²) in [4.78, 5) is 9.72. The van der Waals surface area contributed by atoms with E-state index in [1.807, 2.05) is 0 Å². The maximum atomic E-state index is 9.72. The summed E-state index contributed by atoms with van der Waals surface area (Å²) in [5, 5.41) is 0. The fourth-order valence-electron chi connectivity index (χ4n) is 0.311. The lowest BCUT2D eigenvalue weighted by Crippen LogP contribution is -2.08. The molecule has 0 bridgehead atoms. The van der Waals surface area contributed by atoms with E-state index >= 15 is 0 Å². The van der Waals surface area contributed by atoms with Crippen LogP contribution in [-0.4, -0.2) is 21.9 Å². The molecule has 0 aromatic rings. The van der Waals surface area contributed by atoms with E-state index in [-0.39, 0.29) is 0 Å². The van der Waals surface area contributed by atoms with Crippen LogP contribution in [0.5, 0.6) is 0 Å². The first-order chi connectivity index (χ1) is 3.77. The summed E-state index contributed by atoms with van der Waals surface area (Å²) in [7, 11) is -0.566. The Morgan fingerprint density at radius 1 is 1.62 bits per heavy atom. The summed E-state index contributed by atoms with van der Waals surface area (Å²) in [6.45, 7) is 4.70. The quantitative estimate of drug-likeness (QED) is 0.321. The van der Waals surface area contributed by atoms with Gasteiger partial charge in [-0.15, -0.1) is 0 Å². The molecule has 0 amide bonds. The van der Waals surface area contributed by atoms with Crippen molar-refractivity contribution in [3.8, 4) is 0 Å². The van der Waals surface area contributed by atoms with Crippen LogP contribution in [0.4, 0.5) is 0 Å². The molecule has 0 spiro atoms. The van der Waals surface area contributed by atoms with Gasteiger partial charge in [0.25, 0.3) is 0 Å². The SMILES string of the molecule is C[Si](C)OCCC=O. The molecule has 47 valence electrons. The van der Waals surface area contributed by atoms with Gasteiger partial charge in [0.05, 0.1) is 0 Å². The predicted octanol–water partition coefficient (Wildman–Crippen LogP) is 0.843. The number of carbonyl (C=O) groups excluding carboxylic acids is 1. The number of rotatable bonds is 4. The Balaban J connectivity index is 2.81. The Hall–Kier alpha value is -0.153. The van der Waals surface area contributed by atoms with Gasteiger partial charge in [-0.3, -0.25) is 0 Å². The second kappa shape index (κ2) is 4.99. The number of aldehydes is 1. The van der Waals surface area contributed by atoms with Crippen LogP contribution in [0.25, 0.3) is 0 Å². The summed E-state index contributed by atoms with van der Waals surface area (Å²) in [6, 6.07) is 0. The van der Waals surface area contributed by atoms with Crippen molar-refractivity contribution in [1.29, 1.82) is 0 Å². The van der Waals surface area contributed by atoms with Crippen LogP contribution >= 0.6 is 0 Å². The van der Waals surface area contributed by atoms with E-state index < -0.39 is 9.04 Å². The minimum atomic E-state index is -0.566. The van der Waals surface area contributed by atoms with Crippen LogP contribution < -0.4 is 0 Å². The highest BCUT2D eigenvalue weighted by molar-refractivity contribution is 6.48. The third-order valence-electron chi connectivity index (χ3n) is 0.626. The van der Waals surface area contributed by atoms with E-state index in [1.165, 1.54) is 0 Å². The van der Waals surface area contributed by atoms with Crippen molar-refractivity contribution >= 4 is 15.3 Å². The van der Waals surface area contributed by atoms with Gasteiger partial charge in [-0.25, -0.2) is 0 Å². The zero-order chi connectivity index (χ0) is 6.41. The summed E-state index contributed by atoms with van der Waals surface area (Å²) in [6.07, 6.45) is 1.42. The first kappa shape index (κ1) is 7.85. The predicted molar refractivity (Wildman–Crippen MR) is 34.1 cm³/mol. The molecule has 0 atom stereocenters. The molecule has 0 unspecified atom stereocenters. The van der Waals surface area contributed by atoms with E-state index in [2.05, 4.69) is 13.1 Å². The number of hydrogen-bond acceptors (Lipinski definition) is 2. The topological polar surface area (TPSA) is 26.3 Å². The van der Waals surface area contributed by atoms with Crippen LogP contribution in [0, 0.1) is 0 Å². The van der Waals surface area contributed by atoms with Crippen molar-refractivity contribution in [2.75, 3.05) is 6.61 Å². The lowest BCUT2D eigenvalue weighted by Gasteiger charge is -2.00. The van der Waals surface area contributed by atoms with E-state index in [4.69, 9.17) is 4.43 Å². The fourth-order valence-corrected chi connectivity index (χ4v) is 0.837. The highest BCUT2D eigenvalue weighted by Crippen LogP contribution is 1.83. The molecule has 0 saturated heterocycles. The molecule has 0 aromatic heterocycles. The van der Waals surface area contributed by atoms with Crippen molar-refractivity contribution in [1.82, 2.24) is 0 Å². The average Bonchev–Trinajstić information content (AvgIpc) is 1.66. The molecule has 0 aliphatic heterocycles.